The van der Waals surface area contributed by atoms with E-state index < -0.39 is 0 Å². The number of hydrogen-bond donors (Lipinski definition) is 1. The van der Waals surface area contributed by atoms with E-state index in [9.17, 15) is 0 Å². The van der Waals surface area contributed by atoms with E-state index in [1.165, 1.54) is 32.1 Å². The standard InChI is InChI=1S/C16H29N3OS/c1-4-17-14(12(2)3)10-16-18-15(19-20-16)11-21-13-8-6-5-7-9-13/h12-14,17H,4-11H2,1-3H3. The number of likely N-dealkylation sites (N-methyl/N-ethyl adjacent to an activating group) is 1. The second kappa shape index (κ2) is 8.79. The number of nitrogens with zero attached hydrogens (tertiary/aromatic N) is 2. The highest BCUT2D eigenvalue weighted by atomic mass is 32.2. The lowest BCUT2D eigenvalue weighted by Gasteiger charge is -2.20. The lowest BCUT2D eigenvalue weighted by atomic mass is 10.0. The number of nitrogens with one attached hydrogen (secondary N) is 1. The summed E-state index contributed by atoms with van der Waals surface area (Å²) in [5.41, 5.74) is 0. The minimum absolute atomic E-state index is 0.411. The van der Waals surface area contributed by atoms with Crippen LogP contribution in [0.3, 0.4) is 0 Å². The van der Waals surface area contributed by atoms with Gasteiger partial charge in [-0.25, -0.2) is 0 Å². The highest BCUT2D eigenvalue weighted by molar-refractivity contribution is 7.99. The average Bonchev–Trinajstić information content (AvgIpc) is 2.93. The topological polar surface area (TPSA) is 51.0 Å². The zero-order chi connectivity index (χ0) is 15.1. The van der Waals surface area contributed by atoms with Gasteiger partial charge in [-0.3, -0.25) is 0 Å². The maximum atomic E-state index is 5.42. The van der Waals surface area contributed by atoms with Crippen molar-refractivity contribution in [2.75, 3.05) is 6.54 Å². The van der Waals surface area contributed by atoms with Gasteiger partial charge in [0.1, 0.15) is 0 Å². The maximum absolute atomic E-state index is 5.42. The molecule has 4 nitrogen and oxygen atoms in total. The van der Waals surface area contributed by atoms with E-state index in [1.807, 2.05) is 11.8 Å². The van der Waals surface area contributed by atoms with Crippen LogP contribution in [0.25, 0.3) is 0 Å². The lowest BCUT2D eigenvalue weighted by molar-refractivity contribution is 0.327. The number of thioether (sulfide) groups is 1. The summed E-state index contributed by atoms with van der Waals surface area (Å²) in [5.74, 6) is 3.09. The van der Waals surface area contributed by atoms with E-state index in [2.05, 4.69) is 36.2 Å². The summed E-state index contributed by atoms with van der Waals surface area (Å²) in [6, 6.07) is 0.411. The molecule has 0 spiro atoms. The maximum Gasteiger partial charge on any atom is 0.228 e. The molecule has 0 amide bonds. The highest BCUT2D eigenvalue weighted by Crippen LogP contribution is 2.29. The van der Waals surface area contributed by atoms with Gasteiger partial charge in [-0.15, -0.1) is 0 Å². The number of aromatic nitrogens is 2. The van der Waals surface area contributed by atoms with Crippen LogP contribution >= 0.6 is 11.8 Å². The molecule has 0 aliphatic heterocycles. The summed E-state index contributed by atoms with van der Waals surface area (Å²) >= 11 is 2.00. The first-order valence-corrected chi connectivity index (χ1v) is 9.40. The molecule has 0 bridgehead atoms. The van der Waals surface area contributed by atoms with Crippen molar-refractivity contribution in [3.8, 4) is 0 Å². The van der Waals surface area contributed by atoms with Crippen LogP contribution in [0.2, 0.25) is 0 Å². The molecule has 1 fully saturated rings. The number of hydrogen-bond acceptors (Lipinski definition) is 5. The van der Waals surface area contributed by atoms with Crippen LogP contribution in [0, 0.1) is 5.92 Å². The normalized spacial score (nSPS) is 18.3. The van der Waals surface area contributed by atoms with E-state index in [-0.39, 0.29) is 0 Å². The average molecular weight is 311 g/mol. The quantitative estimate of drug-likeness (QED) is 0.791. The Morgan fingerprint density at radius 2 is 2.05 bits per heavy atom. The molecule has 120 valence electrons. The molecule has 1 saturated carbocycles. The molecular weight excluding hydrogens is 282 g/mol. The van der Waals surface area contributed by atoms with Gasteiger partial charge in [-0.1, -0.05) is 45.2 Å². The molecule has 1 unspecified atom stereocenters. The van der Waals surface area contributed by atoms with Crippen molar-refractivity contribution in [1.29, 1.82) is 0 Å². The molecule has 5 heteroatoms. The first-order valence-electron chi connectivity index (χ1n) is 8.35. The summed E-state index contributed by atoms with van der Waals surface area (Å²) in [7, 11) is 0. The summed E-state index contributed by atoms with van der Waals surface area (Å²) in [6.07, 6.45) is 7.70. The van der Waals surface area contributed by atoms with Crippen LogP contribution in [0.1, 0.15) is 64.6 Å². The van der Waals surface area contributed by atoms with Gasteiger partial charge in [-0.2, -0.15) is 16.7 Å². The summed E-state index contributed by atoms with van der Waals surface area (Å²) in [5, 5.41) is 8.43. The summed E-state index contributed by atoms with van der Waals surface area (Å²) in [4.78, 5) is 4.56. The van der Waals surface area contributed by atoms with Crippen molar-refractivity contribution in [3.05, 3.63) is 11.7 Å². The Balaban J connectivity index is 1.79. The van der Waals surface area contributed by atoms with E-state index in [1.54, 1.807) is 0 Å². The largest absolute Gasteiger partial charge is 0.339 e. The summed E-state index contributed by atoms with van der Waals surface area (Å²) < 4.78 is 5.42. The molecular formula is C16H29N3OS. The Bertz CT molecular complexity index is 402. The Labute approximate surface area is 132 Å². The molecule has 2 rings (SSSR count). The predicted octanol–water partition coefficient (Wildman–Crippen LogP) is 3.81. The Kier molecular flexibility index (Phi) is 7.04. The highest BCUT2D eigenvalue weighted by Gasteiger charge is 2.18. The molecule has 0 saturated heterocycles. The zero-order valence-electron chi connectivity index (χ0n) is 13.6. The van der Waals surface area contributed by atoms with Gasteiger partial charge < -0.3 is 9.84 Å². The molecule has 1 aromatic rings. The fraction of sp³-hybridized carbons (Fsp3) is 0.875. The van der Waals surface area contributed by atoms with Crippen LogP contribution in [0.15, 0.2) is 4.52 Å². The Hall–Kier alpha value is -0.550. The zero-order valence-corrected chi connectivity index (χ0v) is 14.4. The predicted molar refractivity (Wildman–Crippen MR) is 88.5 cm³/mol. The Morgan fingerprint density at radius 1 is 1.29 bits per heavy atom. The van der Waals surface area contributed by atoms with Crippen molar-refractivity contribution in [2.24, 2.45) is 5.92 Å². The van der Waals surface area contributed by atoms with Crippen LogP contribution in [0.4, 0.5) is 0 Å². The van der Waals surface area contributed by atoms with Gasteiger partial charge in [0, 0.05) is 17.7 Å². The minimum Gasteiger partial charge on any atom is -0.339 e. The minimum atomic E-state index is 0.411. The lowest BCUT2D eigenvalue weighted by Crippen LogP contribution is -2.35. The second-order valence-electron chi connectivity index (χ2n) is 6.29. The molecule has 21 heavy (non-hydrogen) atoms. The first-order chi connectivity index (χ1) is 10.2. The first kappa shape index (κ1) is 16.8. The van der Waals surface area contributed by atoms with E-state index in [0.717, 1.165) is 35.7 Å². The molecule has 1 aliphatic rings. The van der Waals surface area contributed by atoms with Crippen LogP contribution < -0.4 is 5.32 Å². The molecule has 0 radical (unpaired) electrons. The van der Waals surface area contributed by atoms with Gasteiger partial charge in [0.2, 0.25) is 5.89 Å². The molecule has 0 aromatic carbocycles. The fourth-order valence-corrected chi connectivity index (χ4v) is 4.02. The third kappa shape index (κ3) is 5.62. The monoisotopic (exact) mass is 311 g/mol. The molecule has 1 atom stereocenters. The van der Waals surface area contributed by atoms with Crippen molar-refractivity contribution in [2.45, 2.75) is 76.3 Å². The smallest absolute Gasteiger partial charge is 0.228 e. The summed E-state index contributed by atoms with van der Waals surface area (Å²) in [6.45, 7) is 7.56. The van der Waals surface area contributed by atoms with Gasteiger partial charge in [0.05, 0.1) is 5.75 Å². The van der Waals surface area contributed by atoms with Crippen molar-refractivity contribution >= 4 is 11.8 Å². The van der Waals surface area contributed by atoms with Crippen molar-refractivity contribution in [1.82, 2.24) is 15.5 Å². The van der Waals surface area contributed by atoms with Crippen LogP contribution in [-0.4, -0.2) is 28.0 Å². The van der Waals surface area contributed by atoms with Crippen molar-refractivity contribution < 1.29 is 4.52 Å². The van der Waals surface area contributed by atoms with Gasteiger partial charge in [0.15, 0.2) is 5.82 Å². The molecule has 1 aliphatic carbocycles. The van der Waals surface area contributed by atoms with E-state index in [4.69, 9.17) is 4.52 Å². The molecule has 1 aromatic heterocycles. The van der Waals surface area contributed by atoms with Crippen LogP contribution in [0.5, 0.6) is 0 Å². The van der Waals surface area contributed by atoms with E-state index >= 15 is 0 Å². The SMILES string of the molecule is CCNC(Cc1nc(CSC2CCCCC2)no1)C(C)C. The fourth-order valence-electron chi connectivity index (χ4n) is 2.85. The van der Waals surface area contributed by atoms with E-state index in [0.29, 0.717) is 12.0 Å². The number of rotatable bonds is 8. The van der Waals surface area contributed by atoms with Gasteiger partial charge in [-0.05, 0) is 25.3 Å². The van der Waals surface area contributed by atoms with Crippen LogP contribution in [-0.2, 0) is 12.2 Å². The second-order valence-corrected chi connectivity index (χ2v) is 7.58. The molecule has 1 N–H and O–H groups in total. The third-order valence-electron chi connectivity index (χ3n) is 4.18. The van der Waals surface area contributed by atoms with Gasteiger partial charge >= 0.3 is 0 Å². The van der Waals surface area contributed by atoms with Crippen molar-refractivity contribution in [3.63, 3.8) is 0 Å². The Morgan fingerprint density at radius 3 is 2.71 bits per heavy atom. The molecule has 1 heterocycles. The third-order valence-corrected chi connectivity index (χ3v) is 5.54. The van der Waals surface area contributed by atoms with Gasteiger partial charge in [0.25, 0.3) is 0 Å².